The fourth-order valence-corrected chi connectivity index (χ4v) is 4.98. The molecule has 3 nitrogen and oxygen atoms in total. The Bertz CT molecular complexity index is 1690. The second-order valence-corrected chi connectivity index (χ2v) is 8.94. The second-order valence-electron chi connectivity index (χ2n) is 8.14. The fraction of sp³-hybridized carbons (Fsp3) is 0.0345. The van der Waals surface area contributed by atoms with Gasteiger partial charge in [-0.25, -0.2) is 9.98 Å². The smallest absolute Gasteiger partial charge is 0.165 e. The predicted molar refractivity (Wildman–Crippen MR) is 142 cm³/mol. The first-order valence-corrected chi connectivity index (χ1v) is 11.7. The molecule has 6 rings (SSSR count). The lowest BCUT2D eigenvalue weighted by atomic mass is 10.1. The first kappa shape index (κ1) is 19.9. The molecule has 158 valence electrons. The van der Waals surface area contributed by atoms with Crippen LogP contribution in [0, 0.1) is 6.92 Å². The van der Waals surface area contributed by atoms with Crippen molar-refractivity contribution in [1.29, 1.82) is 0 Å². The SMILES string of the molecule is Cc1ccccc1-c1nc2c3ccccc3ccn2c1N=Cc1ccc2ccccc2c1Br. The number of hydrogen-bond acceptors (Lipinski definition) is 2. The molecule has 2 heterocycles. The van der Waals surface area contributed by atoms with E-state index in [-0.39, 0.29) is 0 Å². The summed E-state index contributed by atoms with van der Waals surface area (Å²) < 4.78 is 3.14. The summed E-state index contributed by atoms with van der Waals surface area (Å²) in [7, 11) is 0. The number of nitrogens with zero attached hydrogens (tertiary/aromatic N) is 3. The lowest BCUT2D eigenvalue weighted by Crippen LogP contribution is -1.89. The first-order chi connectivity index (χ1) is 16.2. The van der Waals surface area contributed by atoms with E-state index in [1.165, 1.54) is 21.7 Å². The number of aryl methyl sites for hydroxylation is 1. The van der Waals surface area contributed by atoms with E-state index in [1.807, 2.05) is 6.21 Å². The highest BCUT2D eigenvalue weighted by Crippen LogP contribution is 2.35. The minimum Gasteiger partial charge on any atom is -0.284 e. The number of fused-ring (bicyclic) bond motifs is 4. The second kappa shape index (κ2) is 7.98. The van der Waals surface area contributed by atoms with Crippen LogP contribution in [0.5, 0.6) is 0 Å². The van der Waals surface area contributed by atoms with E-state index in [9.17, 15) is 0 Å². The molecule has 0 saturated carbocycles. The maximum Gasteiger partial charge on any atom is 0.165 e. The lowest BCUT2D eigenvalue weighted by Gasteiger charge is -2.06. The summed E-state index contributed by atoms with van der Waals surface area (Å²) in [5.41, 5.74) is 5.09. The molecular formula is C29H20BrN3. The summed E-state index contributed by atoms with van der Waals surface area (Å²) in [6.07, 6.45) is 3.99. The van der Waals surface area contributed by atoms with Crippen molar-refractivity contribution >= 4 is 55.2 Å². The van der Waals surface area contributed by atoms with Gasteiger partial charge < -0.3 is 0 Å². The summed E-state index contributed by atoms with van der Waals surface area (Å²) in [6, 6.07) is 31.4. The van der Waals surface area contributed by atoms with E-state index in [2.05, 4.69) is 124 Å². The molecule has 0 N–H and O–H groups in total. The van der Waals surface area contributed by atoms with Crippen molar-refractivity contribution in [2.45, 2.75) is 6.92 Å². The van der Waals surface area contributed by atoms with E-state index in [1.54, 1.807) is 0 Å². The Morgan fingerprint density at radius 3 is 2.30 bits per heavy atom. The highest BCUT2D eigenvalue weighted by Gasteiger charge is 2.17. The molecule has 2 aromatic heterocycles. The van der Waals surface area contributed by atoms with Gasteiger partial charge in [0.25, 0.3) is 0 Å². The van der Waals surface area contributed by atoms with Gasteiger partial charge in [-0.2, -0.15) is 0 Å². The summed E-state index contributed by atoms with van der Waals surface area (Å²) in [5.74, 6) is 0.824. The molecule has 0 unspecified atom stereocenters. The summed E-state index contributed by atoms with van der Waals surface area (Å²) in [4.78, 5) is 10.1. The maximum absolute atomic E-state index is 5.09. The van der Waals surface area contributed by atoms with Crippen LogP contribution in [0.3, 0.4) is 0 Å². The third-order valence-corrected chi connectivity index (χ3v) is 7.00. The van der Waals surface area contributed by atoms with Gasteiger partial charge in [0.15, 0.2) is 5.82 Å². The molecule has 0 fully saturated rings. The van der Waals surface area contributed by atoms with E-state index in [0.29, 0.717) is 0 Å². The number of rotatable bonds is 3. The molecule has 0 saturated heterocycles. The normalized spacial score (nSPS) is 11.8. The fourth-order valence-electron chi connectivity index (χ4n) is 4.38. The largest absolute Gasteiger partial charge is 0.284 e. The lowest BCUT2D eigenvalue weighted by molar-refractivity contribution is 1.18. The van der Waals surface area contributed by atoms with Crippen molar-refractivity contribution in [1.82, 2.24) is 9.38 Å². The zero-order chi connectivity index (χ0) is 22.4. The van der Waals surface area contributed by atoms with Gasteiger partial charge in [0.2, 0.25) is 0 Å². The quantitative estimate of drug-likeness (QED) is 0.230. The Balaban J connectivity index is 1.60. The van der Waals surface area contributed by atoms with Crippen LogP contribution in [0.25, 0.3) is 38.4 Å². The van der Waals surface area contributed by atoms with Crippen molar-refractivity contribution in [3.05, 3.63) is 113 Å². The van der Waals surface area contributed by atoms with Crippen molar-refractivity contribution in [3.8, 4) is 11.3 Å². The molecule has 0 radical (unpaired) electrons. The number of halogens is 1. The topological polar surface area (TPSA) is 29.7 Å². The Hall–Kier alpha value is -3.76. The van der Waals surface area contributed by atoms with Crippen molar-refractivity contribution in [3.63, 3.8) is 0 Å². The molecule has 0 bridgehead atoms. The average molecular weight is 490 g/mol. The highest BCUT2D eigenvalue weighted by atomic mass is 79.9. The Morgan fingerprint density at radius 1 is 0.788 bits per heavy atom. The predicted octanol–water partition coefficient (Wildman–Crippen LogP) is 8.13. The van der Waals surface area contributed by atoms with Crippen LogP contribution in [0.1, 0.15) is 11.1 Å². The monoisotopic (exact) mass is 489 g/mol. The molecule has 4 aromatic carbocycles. The van der Waals surface area contributed by atoms with Crippen LogP contribution < -0.4 is 0 Å². The van der Waals surface area contributed by atoms with Gasteiger partial charge in [0.05, 0.1) is 0 Å². The minimum absolute atomic E-state index is 0.824. The summed E-state index contributed by atoms with van der Waals surface area (Å²) >= 11 is 3.79. The standard InChI is InChI=1S/C29H20BrN3/c1-19-8-2-5-11-23(19)27-29(33-17-16-21-10-4-7-13-25(21)28(33)32-27)31-18-22-15-14-20-9-3-6-12-24(20)26(22)30/h2-18H,1H3. The van der Waals surface area contributed by atoms with Crippen LogP contribution in [0.4, 0.5) is 5.82 Å². The Morgan fingerprint density at radius 2 is 1.48 bits per heavy atom. The molecule has 0 aliphatic heterocycles. The molecule has 4 heteroatoms. The Kier molecular flexibility index (Phi) is 4.81. The first-order valence-electron chi connectivity index (χ1n) is 10.9. The molecule has 0 aliphatic carbocycles. The number of pyridine rings is 1. The molecule has 6 aromatic rings. The van der Waals surface area contributed by atoms with Crippen LogP contribution in [0.15, 0.2) is 107 Å². The van der Waals surface area contributed by atoms with Crippen molar-refractivity contribution in [2.75, 3.05) is 0 Å². The number of aliphatic imine (C=N–C) groups is 1. The van der Waals surface area contributed by atoms with Gasteiger partial charge in [-0.15, -0.1) is 0 Å². The summed E-state index contributed by atoms with van der Waals surface area (Å²) in [6.45, 7) is 2.12. The maximum atomic E-state index is 5.09. The van der Waals surface area contributed by atoms with Crippen LogP contribution >= 0.6 is 15.9 Å². The molecule has 0 aliphatic rings. The molecular weight excluding hydrogens is 470 g/mol. The molecule has 0 amide bonds. The minimum atomic E-state index is 0.824. The molecule has 0 atom stereocenters. The Labute approximate surface area is 200 Å². The van der Waals surface area contributed by atoms with E-state index >= 15 is 0 Å². The number of benzene rings is 4. The van der Waals surface area contributed by atoms with E-state index in [4.69, 9.17) is 9.98 Å². The summed E-state index contributed by atoms with van der Waals surface area (Å²) in [5, 5.41) is 4.65. The highest BCUT2D eigenvalue weighted by molar-refractivity contribution is 9.10. The van der Waals surface area contributed by atoms with Crippen LogP contribution in [-0.4, -0.2) is 15.6 Å². The van der Waals surface area contributed by atoms with Gasteiger partial charge >= 0.3 is 0 Å². The van der Waals surface area contributed by atoms with E-state index < -0.39 is 0 Å². The molecule has 33 heavy (non-hydrogen) atoms. The third kappa shape index (κ3) is 3.35. The van der Waals surface area contributed by atoms with E-state index in [0.717, 1.165) is 38.1 Å². The number of imidazole rings is 1. The van der Waals surface area contributed by atoms with Gasteiger partial charge in [0, 0.05) is 33.4 Å². The van der Waals surface area contributed by atoms with Crippen molar-refractivity contribution in [2.24, 2.45) is 4.99 Å². The van der Waals surface area contributed by atoms with Crippen LogP contribution in [0.2, 0.25) is 0 Å². The van der Waals surface area contributed by atoms with Gasteiger partial charge in [-0.1, -0.05) is 84.9 Å². The zero-order valence-electron chi connectivity index (χ0n) is 18.0. The van der Waals surface area contributed by atoms with Gasteiger partial charge in [0.1, 0.15) is 11.3 Å². The van der Waals surface area contributed by atoms with Crippen molar-refractivity contribution < 1.29 is 0 Å². The molecule has 0 spiro atoms. The van der Waals surface area contributed by atoms with Gasteiger partial charge in [-0.05, 0) is 50.6 Å². The number of hydrogen-bond donors (Lipinski definition) is 0. The zero-order valence-corrected chi connectivity index (χ0v) is 19.6. The van der Waals surface area contributed by atoms with Crippen LogP contribution in [-0.2, 0) is 0 Å². The van der Waals surface area contributed by atoms with Gasteiger partial charge in [-0.3, -0.25) is 4.40 Å². The third-order valence-electron chi connectivity index (χ3n) is 6.11. The average Bonchev–Trinajstić information content (AvgIpc) is 3.23. The number of aromatic nitrogens is 2.